The van der Waals surface area contributed by atoms with Crippen molar-refractivity contribution >= 4 is 0 Å². The fourth-order valence-electron chi connectivity index (χ4n) is 4.57. The first-order valence-corrected chi connectivity index (χ1v) is 13.9. The second kappa shape index (κ2) is 19.7. The minimum atomic E-state index is 0.744. The van der Waals surface area contributed by atoms with Crippen LogP contribution in [0.15, 0.2) is 0 Å². The lowest BCUT2D eigenvalue weighted by molar-refractivity contribution is 0.585. The normalized spacial score (nSPS) is 11.4. The predicted molar refractivity (Wildman–Crippen MR) is 138 cm³/mol. The van der Waals surface area contributed by atoms with Gasteiger partial charge in [0.25, 0.3) is 0 Å². The van der Waals surface area contributed by atoms with Gasteiger partial charge in [-0.05, 0) is 44.1 Å². The molecule has 0 saturated carbocycles. The van der Waals surface area contributed by atoms with E-state index in [-0.39, 0.29) is 0 Å². The van der Waals surface area contributed by atoms with Gasteiger partial charge < -0.3 is 0 Å². The third-order valence-corrected chi connectivity index (χ3v) is 6.54. The summed E-state index contributed by atoms with van der Waals surface area (Å²) in [7, 11) is 0. The highest BCUT2D eigenvalue weighted by Gasteiger charge is 2.13. The van der Waals surface area contributed by atoms with E-state index in [1.54, 1.807) is 0 Å². The van der Waals surface area contributed by atoms with Gasteiger partial charge in [-0.3, -0.25) is 0 Å². The molecule has 2 heteroatoms. The minimum Gasteiger partial charge on any atom is -0.238 e. The molecule has 0 fully saturated rings. The van der Waals surface area contributed by atoms with Crippen molar-refractivity contribution in [1.29, 1.82) is 0 Å². The maximum absolute atomic E-state index is 4.84. The first-order valence-electron chi connectivity index (χ1n) is 13.9. The molecule has 0 aliphatic rings. The Hall–Kier alpha value is -0.920. The Morgan fingerprint density at radius 3 is 1.16 bits per heavy atom. The van der Waals surface area contributed by atoms with Crippen molar-refractivity contribution in [2.75, 3.05) is 0 Å². The number of hydrogen-bond acceptors (Lipinski definition) is 2. The lowest BCUT2D eigenvalue weighted by atomic mass is 9.96. The monoisotopic (exact) mass is 429 g/mol. The van der Waals surface area contributed by atoms with Crippen LogP contribution in [-0.4, -0.2) is 9.97 Å². The summed E-state index contributed by atoms with van der Waals surface area (Å²) in [4.78, 5) is 9.69. The lowest BCUT2D eigenvalue weighted by Gasteiger charge is -2.15. The SMILES string of the molecule is [CH2]c1nc(CCCCCCCC)c(CCCCCCCC)c(CCCCCCCC)n1. The van der Waals surface area contributed by atoms with Crippen LogP contribution in [-0.2, 0) is 19.3 Å². The van der Waals surface area contributed by atoms with E-state index >= 15 is 0 Å². The summed E-state index contributed by atoms with van der Waals surface area (Å²) in [6.07, 6.45) is 27.6. The molecule has 31 heavy (non-hydrogen) atoms. The van der Waals surface area contributed by atoms with Gasteiger partial charge in [0.05, 0.1) is 0 Å². The van der Waals surface area contributed by atoms with Crippen LogP contribution in [0, 0.1) is 6.92 Å². The van der Waals surface area contributed by atoms with Gasteiger partial charge >= 0.3 is 0 Å². The molecule has 1 heterocycles. The molecular weight excluding hydrogens is 376 g/mol. The largest absolute Gasteiger partial charge is 0.238 e. The highest BCUT2D eigenvalue weighted by Crippen LogP contribution is 2.21. The van der Waals surface area contributed by atoms with Gasteiger partial charge in [-0.25, -0.2) is 9.97 Å². The van der Waals surface area contributed by atoms with E-state index in [9.17, 15) is 0 Å². The van der Waals surface area contributed by atoms with Crippen molar-refractivity contribution in [3.63, 3.8) is 0 Å². The van der Waals surface area contributed by atoms with Gasteiger partial charge in [0.2, 0.25) is 0 Å². The van der Waals surface area contributed by atoms with Crippen molar-refractivity contribution in [1.82, 2.24) is 9.97 Å². The van der Waals surface area contributed by atoms with Crippen LogP contribution < -0.4 is 0 Å². The Kier molecular flexibility index (Phi) is 17.9. The summed E-state index contributed by atoms with van der Waals surface area (Å²) < 4.78 is 0. The average Bonchev–Trinajstić information content (AvgIpc) is 2.76. The summed E-state index contributed by atoms with van der Waals surface area (Å²) in [6, 6.07) is 0. The second-order valence-corrected chi connectivity index (χ2v) is 9.57. The van der Waals surface area contributed by atoms with E-state index in [0.717, 1.165) is 18.7 Å². The predicted octanol–water partition coefficient (Wildman–Crippen LogP) is 9.37. The molecule has 0 aliphatic carbocycles. The zero-order chi connectivity index (χ0) is 22.6. The quantitative estimate of drug-likeness (QED) is 0.182. The smallest absolute Gasteiger partial charge is 0.129 e. The molecule has 0 unspecified atom stereocenters. The van der Waals surface area contributed by atoms with E-state index < -0.39 is 0 Å². The standard InChI is InChI=1S/C29H53N2/c1-5-8-11-14-17-20-23-27-28(24-21-18-15-12-9-6-2)30-26(4)31-29(27)25-22-19-16-13-10-7-3/h4-25H2,1-3H3. The van der Waals surface area contributed by atoms with Gasteiger partial charge in [-0.2, -0.15) is 0 Å². The summed E-state index contributed by atoms with van der Waals surface area (Å²) in [5, 5.41) is 0. The molecule has 1 aromatic heterocycles. The Labute approximate surface area is 195 Å². The highest BCUT2D eigenvalue weighted by atomic mass is 14.9. The molecule has 2 nitrogen and oxygen atoms in total. The zero-order valence-corrected chi connectivity index (χ0v) is 21.5. The minimum absolute atomic E-state index is 0.744. The van der Waals surface area contributed by atoms with Crippen LogP contribution in [0.4, 0.5) is 0 Å². The molecule has 179 valence electrons. The van der Waals surface area contributed by atoms with E-state index in [4.69, 9.17) is 9.97 Å². The van der Waals surface area contributed by atoms with Gasteiger partial charge in [0.15, 0.2) is 0 Å². The molecule has 0 saturated heterocycles. The topological polar surface area (TPSA) is 25.8 Å². The van der Waals surface area contributed by atoms with E-state index in [1.165, 1.54) is 139 Å². The van der Waals surface area contributed by atoms with Crippen molar-refractivity contribution in [3.05, 3.63) is 29.7 Å². The number of aryl methyl sites for hydroxylation is 2. The van der Waals surface area contributed by atoms with Gasteiger partial charge in [-0.15, -0.1) is 0 Å². The van der Waals surface area contributed by atoms with Crippen molar-refractivity contribution in [2.45, 2.75) is 156 Å². The zero-order valence-electron chi connectivity index (χ0n) is 21.5. The molecule has 0 aliphatic heterocycles. The van der Waals surface area contributed by atoms with Crippen LogP contribution in [0.25, 0.3) is 0 Å². The number of aromatic nitrogens is 2. The van der Waals surface area contributed by atoms with Gasteiger partial charge in [0.1, 0.15) is 5.82 Å². The number of rotatable bonds is 21. The van der Waals surface area contributed by atoms with E-state index in [0.29, 0.717) is 0 Å². The summed E-state index contributed by atoms with van der Waals surface area (Å²) >= 11 is 0. The summed E-state index contributed by atoms with van der Waals surface area (Å²) in [6.45, 7) is 11.0. The van der Waals surface area contributed by atoms with Crippen LogP contribution in [0.2, 0.25) is 0 Å². The Bertz CT molecular complexity index is 501. The number of nitrogens with zero attached hydrogens (tertiary/aromatic N) is 2. The van der Waals surface area contributed by atoms with Crippen molar-refractivity contribution < 1.29 is 0 Å². The maximum atomic E-state index is 4.84. The third-order valence-electron chi connectivity index (χ3n) is 6.54. The summed E-state index contributed by atoms with van der Waals surface area (Å²) in [5.41, 5.74) is 4.14. The average molecular weight is 430 g/mol. The Balaban J connectivity index is 2.66. The fourth-order valence-corrected chi connectivity index (χ4v) is 4.57. The van der Waals surface area contributed by atoms with Crippen LogP contribution in [0.1, 0.15) is 159 Å². The van der Waals surface area contributed by atoms with Gasteiger partial charge in [-0.1, -0.05) is 117 Å². The molecule has 0 spiro atoms. The van der Waals surface area contributed by atoms with E-state index in [1.807, 2.05) is 0 Å². The van der Waals surface area contributed by atoms with Crippen molar-refractivity contribution in [3.8, 4) is 0 Å². The van der Waals surface area contributed by atoms with E-state index in [2.05, 4.69) is 27.7 Å². The number of hydrogen-bond donors (Lipinski definition) is 0. The third kappa shape index (κ3) is 14.0. The second-order valence-electron chi connectivity index (χ2n) is 9.57. The first kappa shape index (κ1) is 28.1. The van der Waals surface area contributed by atoms with Gasteiger partial charge in [0, 0.05) is 18.3 Å². The molecule has 0 atom stereocenters. The molecule has 0 bridgehead atoms. The van der Waals surface area contributed by atoms with Crippen LogP contribution in [0.3, 0.4) is 0 Å². The first-order chi connectivity index (χ1) is 15.2. The van der Waals surface area contributed by atoms with Crippen LogP contribution in [0.5, 0.6) is 0 Å². The Morgan fingerprint density at radius 1 is 0.452 bits per heavy atom. The molecule has 1 radical (unpaired) electrons. The highest BCUT2D eigenvalue weighted by molar-refractivity contribution is 5.27. The molecule has 1 aromatic rings. The lowest BCUT2D eigenvalue weighted by Crippen LogP contribution is -2.09. The molecule has 0 aromatic carbocycles. The van der Waals surface area contributed by atoms with Crippen molar-refractivity contribution in [2.24, 2.45) is 0 Å². The fraction of sp³-hybridized carbons (Fsp3) is 0.828. The molecule has 0 N–H and O–H groups in total. The Morgan fingerprint density at radius 2 is 0.774 bits per heavy atom. The summed E-state index contributed by atoms with van der Waals surface area (Å²) in [5.74, 6) is 0.744. The van der Waals surface area contributed by atoms with Crippen LogP contribution >= 0.6 is 0 Å². The molecule has 0 amide bonds. The molecule has 1 rings (SSSR count). The molecular formula is C29H53N2. The maximum Gasteiger partial charge on any atom is 0.129 e. The number of unbranched alkanes of at least 4 members (excludes halogenated alkanes) is 15.